The quantitative estimate of drug-likeness (QED) is 0.589. The van der Waals surface area contributed by atoms with E-state index in [1.807, 2.05) is 0 Å². The van der Waals surface area contributed by atoms with Gasteiger partial charge >= 0.3 is 0 Å². The van der Waals surface area contributed by atoms with E-state index in [2.05, 4.69) is 69.2 Å². The lowest BCUT2D eigenvalue weighted by Crippen LogP contribution is -2.47. The van der Waals surface area contributed by atoms with Gasteiger partial charge in [0.1, 0.15) is 0 Å². The first-order chi connectivity index (χ1) is 6.35. The fourth-order valence-electron chi connectivity index (χ4n) is 2.37. The molecule has 0 N–H and O–H groups in total. The molecule has 0 saturated heterocycles. The zero-order valence-corrected chi connectivity index (χ0v) is 12.7. The third kappa shape index (κ3) is 2.57. The van der Waals surface area contributed by atoms with Crippen LogP contribution >= 0.6 is 0 Å². The maximum absolute atomic E-state index is 2.43. The van der Waals surface area contributed by atoms with E-state index in [0.717, 1.165) is 11.8 Å². The standard InChI is InChI=1S/C15H32/c1-11(2)12(3)14(7,8)15(9,10)13(4,5)6/h11-12H,1-10H3. The van der Waals surface area contributed by atoms with Gasteiger partial charge in [-0.2, -0.15) is 0 Å². The molecule has 0 fully saturated rings. The number of hydrogen-bond donors (Lipinski definition) is 0. The van der Waals surface area contributed by atoms with E-state index in [0.29, 0.717) is 16.2 Å². The van der Waals surface area contributed by atoms with Crippen molar-refractivity contribution in [3.63, 3.8) is 0 Å². The third-order valence-corrected chi connectivity index (χ3v) is 5.62. The van der Waals surface area contributed by atoms with E-state index in [4.69, 9.17) is 0 Å². The molecular formula is C15H32. The summed E-state index contributed by atoms with van der Waals surface area (Å²) in [7, 11) is 0. The van der Waals surface area contributed by atoms with E-state index in [1.54, 1.807) is 0 Å². The predicted molar refractivity (Wildman–Crippen MR) is 71.0 cm³/mol. The molecule has 0 bridgehead atoms. The van der Waals surface area contributed by atoms with Gasteiger partial charge in [0, 0.05) is 0 Å². The average molecular weight is 212 g/mol. The lowest BCUT2D eigenvalue weighted by Gasteiger charge is -2.54. The Morgan fingerprint density at radius 2 is 1.00 bits per heavy atom. The summed E-state index contributed by atoms with van der Waals surface area (Å²) >= 11 is 0. The fraction of sp³-hybridized carbons (Fsp3) is 1.00. The van der Waals surface area contributed by atoms with Crippen molar-refractivity contribution in [1.82, 2.24) is 0 Å². The molecule has 0 aliphatic rings. The van der Waals surface area contributed by atoms with Crippen LogP contribution in [0.4, 0.5) is 0 Å². The summed E-state index contributed by atoms with van der Waals surface area (Å²) in [4.78, 5) is 0. The van der Waals surface area contributed by atoms with Crippen molar-refractivity contribution < 1.29 is 0 Å². The Morgan fingerprint density at radius 3 is 1.20 bits per heavy atom. The Kier molecular flexibility index (Phi) is 4.11. The Balaban J connectivity index is 5.19. The Labute approximate surface area is 97.8 Å². The molecule has 92 valence electrons. The van der Waals surface area contributed by atoms with Crippen LogP contribution in [0.1, 0.15) is 69.2 Å². The van der Waals surface area contributed by atoms with Crippen molar-refractivity contribution in [2.24, 2.45) is 28.1 Å². The van der Waals surface area contributed by atoms with Gasteiger partial charge in [0.25, 0.3) is 0 Å². The molecule has 0 spiro atoms. The molecule has 1 unspecified atom stereocenters. The molecule has 0 rings (SSSR count). The van der Waals surface area contributed by atoms with Gasteiger partial charge in [0.05, 0.1) is 0 Å². The SMILES string of the molecule is CC(C)C(C)C(C)(C)C(C)(C)C(C)(C)C. The molecule has 0 aromatic carbocycles. The molecule has 0 nitrogen and oxygen atoms in total. The minimum atomic E-state index is 0.337. The second-order valence-corrected chi connectivity index (χ2v) is 7.63. The highest BCUT2D eigenvalue weighted by Crippen LogP contribution is 2.55. The van der Waals surface area contributed by atoms with Gasteiger partial charge < -0.3 is 0 Å². The van der Waals surface area contributed by atoms with Crippen molar-refractivity contribution in [1.29, 1.82) is 0 Å². The normalized spacial score (nSPS) is 17.0. The number of rotatable bonds is 3. The maximum atomic E-state index is 2.43. The molecule has 0 radical (unpaired) electrons. The molecule has 1 atom stereocenters. The van der Waals surface area contributed by atoms with Gasteiger partial charge in [-0.25, -0.2) is 0 Å². The molecular weight excluding hydrogens is 180 g/mol. The highest BCUT2D eigenvalue weighted by atomic mass is 14.5. The molecule has 0 heterocycles. The fourth-order valence-corrected chi connectivity index (χ4v) is 2.37. The molecule has 0 aromatic rings. The Bertz CT molecular complexity index is 201. The van der Waals surface area contributed by atoms with E-state index in [9.17, 15) is 0 Å². The van der Waals surface area contributed by atoms with Crippen molar-refractivity contribution >= 4 is 0 Å². The molecule has 0 aliphatic carbocycles. The van der Waals surface area contributed by atoms with Crippen LogP contribution in [0.25, 0.3) is 0 Å². The third-order valence-electron chi connectivity index (χ3n) is 5.62. The van der Waals surface area contributed by atoms with Gasteiger partial charge in [-0.1, -0.05) is 69.2 Å². The van der Waals surface area contributed by atoms with Crippen LogP contribution < -0.4 is 0 Å². The second-order valence-electron chi connectivity index (χ2n) is 7.63. The topological polar surface area (TPSA) is 0 Å². The smallest absolute Gasteiger partial charge is 0.0252 e. The summed E-state index contributed by atoms with van der Waals surface area (Å²) in [5.41, 5.74) is 1.04. The van der Waals surface area contributed by atoms with Crippen LogP contribution in [0.2, 0.25) is 0 Å². The Morgan fingerprint density at radius 1 is 0.667 bits per heavy atom. The first-order valence-corrected chi connectivity index (χ1v) is 6.35. The maximum Gasteiger partial charge on any atom is -0.0252 e. The summed E-state index contributed by atoms with van der Waals surface area (Å²) in [6.07, 6.45) is 0. The molecule has 0 saturated carbocycles. The van der Waals surface area contributed by atoms with E-state index >= 15 is 0 Å². The van der Waals surface area contributed by atoms with Gasteiger partial charge in [-0.15, -0.1) is 0 Å². The minimum absolute atomic E-state index is 0.337. The summed E-state index contributed by atoms with van der Waals surface area (Å²) in [5.74, 6) is 1.49. The van der Waals surface area contributed by atoms with Crippen LogP contribution in [0.3, 0.4) is 0 Å². The van der Waals surface area contributed by atoms with E-state index in [1.165, 1.54) is 0 Å². The van der Waals surface area contributed by atoms with E-state index in [-0.39, 0.29) is 0 Å². The number of hydrogen-bond acceptors (Lipinski definition) is 0. The molecule has 0 heteroatoms. The Hall–Kier alpha value is 0. The highest BCUT2D eigenvalue weighted by molar-refractivity contribution is 4.97. The first kappa shape index (κ1) is 15.0. The highest BCUT2D eigenvalue weighted by Gasteiger charge is 2.48. The summed E-state index contributed by atoms with van der Waals surface area (Å²) in [6.45, 7) is 23.9. The van der Waals surface area contributed by atoms with Crippen molar-refractivity contribution in [3.05, 3.63) is 0 Å². The van der Waals surface area contributed by atoms with Gasteiger partial charge in [-0.3, -0.25) is 0 Å². The van der Waals surface area contributed by atoms with Gasteiger partial charge in [0.15, 0.2) is 0 Å². The largest absolute Gasteiger partial charge is 0.0625 e. The summed E-state index contributed by atoms with van der Waals surface area (Å²) in [6, 6.07) is 0. The van der Waals surface area contributed by atoms with Gasteiger partial charge in [-0.05, 0) is 28.1 Å². The van der Waals surface area contributed by atoms with Crippen LogP contribution in [0.5, 0.6) is 0 Å². The van der Waals surface area contributed by atoms with E-state index < -0.39 is 0 Å². The monoisotopic (exact) mass is 212 g/mol. The van der Waals surface area contributed by atoms with Crippen molar-refractivity contribution in [3.8, 4) is 0 Å². The zero-order valence-electron chi connectivity index (χ0n) is 12.7. The predicted octanol–water partition coefficient (Wildman–Crippen LogP) is 5.38. The van der Waals surface area contributed by atoms with Crippen molar-refractivity contribution in [2.75, 3.05) is 0 Å². The first-order valence-electron chi connectivity index (χ1n) is 6.35. The molecule has 0 aromatic heterocycles. The second kappa shape index (κ2) is 4.11. The van der Waals surface area contributed by atoms with Gasteiger partial charge in [0.2, 0.25) is 0 Å². The van der Waals surface area contributed by atoms with Crippen LogP contribution in [-0.2, 0) is 0 Å². The minimum Gasteiger partial charge on any atom is -0.0625 e. The zero-order chi connectivity index (χ0) is 12.7. The average Bonchev–Trinajstić information content (AvgIpc) is 2.00. The van der Waals surface area contributed by atoms with Crippen LogP contribution in [0.15, 0.2) is 0 Å². The van der Waals surface area contributed by atoms with Crippen LogP contribution in [0, 0.1) is 28.1 Å². The lowest BCUT2D eigenvalue weighted by atomic mass is 9.50. The van der Waals surface area contributed by atoms with Crippen LogP contribution in [-0.4, -0.2) is 0 Å². The lowest BCUT2D eigenvalue weighted by molar-refractivity contribution is -0.0564. The molecule has 0 aliphatic heterocycles. The summed E-state index contributed by atoms with van der Waals surface area (Å²) in [5, 5.41) is 0. The summed E-state index contributed by atoms with van der Waals surface area (Å²) < 4.78 is 0. The van der Waals surface area contributed by atoms with Crippen molar-refractivity contribution in [2.45, 2.75) is 69.2 Å². The molecule has 15 heavy (non-hydrogen) atoms. The molecule has 0 amide bonds.